The van der Waals surface area contributed by atoms with E-state index in [1.807, 2.05) is 42.5 Å². The zero-order valence-corrected chi connectivity index (χ0v) is 11.0. The quantitative estimate of drug-likeness (QED) is 0.882. The minimum absolute atomic E-state index is 0. The van der Waals surface area contributed by atoms with Gasteiger partial charge in [-0.05, 0) is 31.4 Å². The van der Waals surface area contributed by atoms with Crippen molar-refractivity contribution in [3.05, 3.63) is 42.0 Å². The molecule has 1 aliphatic heterocycles. The summed E-state index contributed by atoms with van der Waals surface area (Å²) in [6.07, 6.45) is 6.11. The first-order chi connectivity index (χ1) is 8.23. The number of halogens is 1. The first kappa shape index (κ1) is 14.7. The Morgan fingerprint density at radius 3 is 2.67 bits per heavy atom. The van der Waals surface area contributed by atoms with E-state index in [9.17, 15) is 9.90 Å². The van der Waals surface area contributed by atoms with Gasteiger partial charge in [0.2, 0.25) is 0 Å². The predicted molar refractivity (Wildman–Crippen MR) is 74.9 cm³/mol. The Hall–Kier alpha value is -1.32. The van der Waals surface area contributed by atoms with Gasteiger partial charge in [0, 0.05) is 0 Å². The zero-order valence-electron chi connectivity index (χ0n) is 10.1. The van der Waals surface area contributed by atoms with Gasteiger partial charge in [-0.1, -0.05) is 42.5 Å². The van der Waals surface area contributed by atoms with E-state index in [4.69, 9.17) is 0 Å². The molecule has 1 atom stereocenters. The van der Waals surface area contributed by atoms with Gasteiger partial charge in [0.15, 0.2) is 0 Å². The third-order valence-electron chi connectivity index (χ3n) is 3.23. The maximum absolute atomic E-state index is 11.3. The summed E-state index contributed by atoms with van der Waals surface area (Å²) < 4.78 is 0. The lowest BCUT2D eigenvalue weighted by Crippen LogP contribution is -2.47. The molecule has 0 aromatic heterocycles. The molecule has 1 heterocycles. The molecule has 1 saturated heterocycles. The van der Waals surface area contributed by atoms with Crippen molar-refractivity contribution in [3.8, 4) is 0 Å². The molecule has 0 radical (unpaired) electrons. The lowest BCUT2D eigenvalue weighted by atomic mass is 9.93. The number of hydrogen-bond donors (Lipinski definition) is 2. The largest absolute Gasteiger partial charge is 0.480 e. The summed E-state index contributed by atoms with van der Waals surface area (Å²) in [6.45, 7) is 0.797. The van der Waals surface area contributed by atoms with E-state index in [1.165, 1.54) is 0 Å². The summed E-state index contributed by atoms with van der Waals surface area (Å²) in [5.41, 5.74) is 0.358. The molecular weight excluding hydrogens is 250 g/mol. The zero-order chi connectivity index (χ0) is 12.1. The number of nitrogens with one attached hydrogen (secondary N) is 1. The number of rotatable bonds is 4. The van der Waals surface area contributed by atoms with Crippen LogP contribution in [0.3, 0.4) is 0 Å². The van der Waals surface area contributed by atoms with E-state index in [0.29, 0.717) is 12.8 Å². The molecule has 0 saturated carbocycles. The number of carboxylic acids is 1. The second kappa shape index (κ2) is 6.57. The van der Waals surface area contributed by atoms with Gasteiger partial charge in [0.1, 0.15) is 5.54 Å². The summed E-state index contributed by atoms with van der Waals surface area (Å²) in [7, 11) is 0. The molecule has 4 heteroatoms. The van der Waals surface area contributed by atoms with Crippen LogP contribution in [-0.2, 0) is 4.79 Å². The average molecular weight is 268 g/mol. The van der Waals surface area contributed by atoms with Gasteiger partial charge in [-0.3, -0.25) is 4.79 Å². The third kappa shape index (κ3) is 3.34. The first-order valence-corrected chi connectivity index (χ1v) is 5.93. The van der Waals surface area contributed by atoms with Crippen LogP contribution < -0.4 is 5.32 Å². The molecule has 1 aromatic rings. The molecule has 3 nitrogen and oxygen atoms in total. The van der Waals surface area contributed by atoms with Gasteiger partial charge in [-0.25, -0.2) is 0 Å². The summed E-state index contributed by atoms with van der Waals surface area (Å²) in [4.78, 5) is 11.3. The van der Waals surface area contributed by atoms with Crippen molar-refractivity contribution >= 4 is 24.5 Å². The van der Waals surface area contributed by atoms with Crippen LogP contribution in [-0.4, -0.2) is 23.2 Å². The summed E-state index contributed by atoms with van der Waals surface area (Å²) in [5.74, 6) is -0.743. The van der Waals surface area contributed by atoms with Crippen LogP contribution in [0.15, 0.2) is 36.4 Å². The molecule has 0 amide bonds. The van der Waals surface area contributed by atoms with Crippen LogP contribution in [0.5, 0.6) is 0 Å². The lowest BCUT2D eigenvalue weighted by molar-refractivity contribution is -0.144. The van der Waals surface area contributed by atoms with E-state index in [2.05, 4.69) is 5.32 Å². The van der Waals surface area contributed by atoms with Crippen molar-refractivity contribution in [1.29, 1.82) is 0 Å². The van der Waals surface area contributed by atoms with Gasteiger partial charge in [-0.2, -0.15) is 0 Å². The highest BCUT2D eigenvalue weighted by molar-refractivity contribution is 5.85. The maximum atomic E-state index is 11.3. The van der Waals surface area contributed by atoms with Crippen molar-refractivity contribution in [2.45, 2.75) is 24.8 Å². The third-order valence-corrected chi connectivity index (χ3v) is 3.23. The lowest BCUT2D eigenvalue weighted by Gasteiger charge is -2.22. The van der Waals surface area contributed by atoms with E-state index in [0.717, 1.165) is 18.5 Å². The SMILES string of the molecule is Cl.O=C(O)C1(CC=Cc2ccccc2)CCCN1. The summed E-state index contributed by atoms with van der Waals surface area (Å²) in [5, 5.41) is 12.4. The van der Waals surface area contributed by atoms with Crippen LogP contribution in [0.2, 0.25) is 0 Å². The normalized spacial score (nSPS) is 22.9. The Kier molecular flexibility index (Phi) is 5.38. The van der Waals surface area contributed by atoms with Crippen LogP contribution in [0, 0.1) is 0 Å². The molecule has 1 aliphatic rings. The number of hydrogen-bond acceptors (Lipinski definition) is 2. The molecule has 1 aromatic carbocycles. The first-order valence-electron chi connectivity index (χ1n) is 5.93. The Morgan fingerprint density at radius 2 is 2.11 bits per heavy atom. The van der Waals surface area contributed by atoms with Crippen LogP contribution in [0.25, 0.3) is 6.08 Å². The number of carbonyl (C=O) groups is 1. The minimum Gasteiger partial charge on any atom is -0.480 e. The van der Waals surface area contributed by atoms with Gasteiger partial charge < -0.3 is 10.4 Å². The highest BCUT2D eigenvalue weighted by Crippen LogP contribution is 2.24. The molecule has 0 spiro atoms. The maximum Gasteiger partial charge on any atom is 0.324 e. The molecule has 0 aliphatic carbocycles. The summed E-state index contributed by atoms with van der Waals surface area (Å²) >= 11 is 0. The summed E-state index contributed by atoms with van der Waals surface area (Å²) in [6, 6.07) is 9.92. The predicted octanol–water partition coefficient (Wildman–Crippen LogP) is 2.72. The van der Waals surface area contributed by atoms with E-state index >= 15 is 0 Å². The fraction of sp³-hybridized carbons (Fsp3) is 0.357. The van der Waals surface area contributed by atoms with Crippen LogP contribution >= 0.6 is 12.4 Å². The monoisotopic (exact) mass is 267 g/mol. The number of carboxylic acid groups (broad SMARTS) is 1. The minimum atomic E-state index is -0.745. The Balaban J connectivity index is 0.00000162. The highest BCUT2D eigenvalue weighted by atomic mass is 35.5. The molecular formula is C14H18ClNO2. The van der Waals surface area contributed by atoms with Gasteiger partial charge in [0.25, 0.3) is 0 Å². The Morgan fingerprint density at radius 1 is 1.39 bits per heavy atom. The molecule has 0 bridgehead atoms. The fourth-order valence-electron chi connectivity index (χ4n) is 2.21. The molecule has 1 fully saturated rings. The number of aliphatic carboxylic acids is 1. The van der Waals surface area contributed by atoms with Crippen molar-refractivity contribution in [1.82, 2.24) is 5.32 Å². The average Bonchev–Trinajstić information content (AvgIpc) is 2.80. The Labute approximate surface area is 113 Å². The van der Waals surface area contributed by atoms with E-state index in [-0.39, 0.29) is 12.4 Å². The van der Waals surface area contributed by atoms with E-state index in [1.54, 1.807) is 0 Å². The topological polar surface area (TPSA) is 49.3 Å². The van der Waals surface area contributed by atoms with Crippen molar-refractivity contribution < 1.29 is 9.90 Å². The second-order valence-corrected chi connectivity index (χ2v) is 4.43. The fourth-order valence-corrected chi connectivity index (χ4v) is 2.21. The van der Waals surface area contributed by atoms with Gasteiger partial charge in [0.05, 0.1) is 0 Å². The second-order valence-electron chi connectivity index (χ2n) is 4.43. The molecule has 2 N–H and O–H groups in total. The van der Waals surface area contributed by atoms with Crippen LogP contribution in [0.4, 0.5) is 0 Å². The number of benzene rings is 1. The molecule has 1 unspecified atom stereocenters. The van der Waals surface area contributed by atoms with Crippen LogP contribution in [0.1, 0.15) is 24.8 Å². The molecule has 2 rings (SSSR count). The van der Waals surface area contributed by atoms with E-state index < -0.39 is 11.5 Å². The Bertz CT molecular complexity index is 411. The van der Waals surface area contributed by atoms with Gasteiger partial charge in [-0.15, -0.1) is 12.4 Å². The van der Waals surface area contributed by atoms with Crippen molar-refractivity contribution in [2.75, 3.05) is 6.54 Å². The molecule has 98 valence electrons. The van der Waals surface area contributed by atoms with Gasteiger partial charge >= 0.3 is 5.97 Å². The molecule has 18 heavy (non-hydrogen) atoms. The van der Waals surface area contributed by atoms with Crippen molar-refractivity contribution in [2.24, 2.45) is 0 Å². The smallest absolute Gasteiger partial charge is 0.324 e. The standard InChI is InChI=1S/C14H17NO2.ClH/c16-13(17)14(10-5-11-15-14)9-4-8-12-6-2-1-3-7-12;/h1-4,6-8,15H,5,9-11H2,(H,16,17);1H. The highest BCUT2D eigenvalue weighted by Gasteiger charge is 2.39. The van der Waals surface area contributed by atoms with Crippen molar-refractivity contribution in [3.63, 3.8) is 0 Å².